The molecule has 0 aliphatic rings. The van der Waals surface area contributed by atoms with Gasteiger partial charge in [0.15, 0.2) is 5.58 Å². The van der Waals surface area contributed by atoms with Crippen LogP contribution in [0.2, 0.25) is 0 Å². The van der Waals surface area contributed by atoms with Gasteiger partial charge in [-0.15, -0.1) is 0 Å². The standard InChI is InChI=1S/C13H10N2OS/c1-2-6-11-10(5-1)15-12(16-11)9-17-13-7-3-4-8-14-13/h1-8H,9H2. The number of hydrogen-bond donors (Lipinski definition) is 0. The second-order valence-electron chi connectivity index (χ2n) is 3.53. The maximum atomic E-state index is 5.63. The largest absolute Gasteiger partial charge is 0.440 e. The molecule has 4 heteroatoms. The number of aromatic nitrogens is 2. The Labute approximate surface area is 103 Å². The smallest absolute Gasteiger partial charge is 0.205 e. The summed E-state index contributed by atoms with van der Waals surface area (Å²) in [6.45, 7) is 0. The fourth-order valence-electron chi connectivity index (χ4n) is 1.55. The molecule has 0 spiro atoms. The molecule has 0 atom stereocenters. The SMILES string of the molecule is c1ccc(SCc2nc3ccccc3o2)nc1. The van der Waals surface area contributed by atoms with Crippen LogP contribution >= 0.6 is 11.8 Å². The molecule has 1 aromatic carbocycles. The van der Waals surface area contributed by atoms with Gasteiger partial charge in [-0.05, 0) is 24.3 Å². The third kappa shape index (κ3) is 2.31. The molecule has 0 fully saturated rings. The van der Waals surface area contributed by atoms with Gasteiger partial charge in [-0.1, -0.05) is 30.0 Å². The summed E-state index contributed by atoms with van der Waals surface area (Å²) in [5, 5.41) is 0.981. The molecule has 0 saturated carbocycles. The number of rotatable bonds is 3. The first kappa shape index (κ1) is 10.4. The van der Waals surface area contributed by atoms with E-state index in [-0.39, 0.29) is 0 Å². The van der Waals surface area contributed by atoms with Crippen LogP contribution in [0.3, 0.4) is 0 Å². The summed E-state index contributed by atoms with van der Waals surface area (Å²) >= 11 is 1.62. The van der Waals surface area contributed by atoms with E-state index in [0.717, 1.165) is 22.0 Å². The van der Waals surface area contributed by atoms with Gasteiger partial charge in [0, 0.05) is 6.20 Å². The fourth-order valence-corrected chi connectivity index (χ4v) is 2.25. The van der Waals surface area contributed by atoms with Crippen molar-refractivity contribution in [2.24, 2.45) is 0 Å². The molecular formula is C13H10N2OS. The highest BCUT2D eigenvalue weighted by atomic mass is 32.2. The van der Waals surface area contributed by atoms with Crippen LogP contribution in [-0.4, -0.2) is 9.97 Å². The minimum Gasteiger partial charge on any atom is -0.440 e. The molecule has 3 aromatic rings. The van der Waals surface area contributed by atoms with Crippen molar-refractivity contribution in [1.29, 1.82) is 0 Å². The minimum absolute atomic E-state index is 0.700. The highest BCUT2D eigenvalue weighted by molar-refractivity contribution is 7.98. The third-order valence-electron chi connectivity index (χ3n) is 2.32. The Morgan fingerprint density at radius 1 is 1.06 bits per heavy atom. The van der Waals surface area contributed by atoms with Gasteiger partial charge in [0.2, 0.25) is 5.89 Å². The molecule has 0 saturated heterocycles. The molecule has 2 heterocycles. The predicted octanol–water partition coefficient (Wildman–Crippen LogP) is 3.52. The summed E-state index contributed by atoms with van der Waals surface area (Å²) in [6.07, 6.45) is 1.79. The Morgan fingerprint density at radius 2 is 1.94 bits per heavy atom. The third-order valence-corrected chi connectivity index (χ3v) is 3.25. The monoisotopic (exact) mass is 242 g/mol. The molecule has 0 unspecified atom stereocenters. The molecule has 0 radical (unpaired) electrons. The van der Waals surface area contributed by atoms with Crippen LogP contribution in [0.1, 0.15) is 5.89 Å². The number of para-hydroxylation sites is 2. The molecule has 3 rings (SSSR count). The lowest BCUT2D eigenvalue weighted by molar-refractivity contribution is 0.556. The lowest BCUT2D eigenvalue weighted by atomic mass is 10.3. The molecule has 0 aliphatic carbocycles. The van der Waals surface area contributed by atoms with Crippen molar-refractivity contribution in [3.05, 3.63) is 54.6 Å². The molecule has 0 N–H and O–H groups in total. The van der Waals surface area contributed by atoms with Gasteiger partial charge in [-0.3, -0.25) is 0 Å². The second kappa shape index (κ2) is 4.59. The first-order valence-electron chi connectivity index (χ1n) is 5.30. The van der Waals surface area contributed by atoms with Crippen molar-refractivity contribution >= 4 is 22.9 Å². The van der Waals surface area contributed by atoms with Crippen LogP contribution in [0, 0.1) is 0 Å². The van der Waals surface area contributed by atoms with Crippen LogP contribution in [0.5, 0.6) is 0 Å². The fraction of sp³-hybridized carbons (Fsp3) is 0.0769. The second-order valence-corrected chi connectivity index (χ2v) is 4.53. The quantitative estimate of drug-likeness (QED) is 0.659. The van der Waals surface area contributed by atoms with Crippen LogP contribution < -0.4 is 0 Å². The minimum atomic E-state index is 0.700. The molecule has 3 nitrogen and oxygen atoms in total. The van der Waals surface area contributed by atoms with Crippen molar-refractivity contribution in [3.63, 3.8) is 0 Å². The van der Waals surface area contributed by atoms with Gasteiger partial charge in [0.25, 0.3) is 0 Å². The zero-order chi connectivity index (χ0) is 11.5. The highest BCUT2D eigenvalue weighted by Gasteiger charge is 2.05. The van der Waals surface area contributed by atoms with Gasteiger partial charge in [0.05, 0.1) is 10.8 Å². The lowest BCUT2D eigenvalue weighted by Crippen LogP contribution is -1.81. The van der Waals surface area contributed by atoms with E-state index in [9.17, 15) is 0 Å². The number of pyridine rings is 1. The van der Waals surface area contributed by atoms with E-state index in [2.05, 4.69) is 9.97 Å². The summed E-state index contributed by atoms with van der Waals surface area (Å²) in [4.78, 5) is 8.65. The summed E-state index contributed by atoms with van der Waals surface area (Å²) in [5.74, 6) is 1.44. The maximum absolute atomic E-state index is 5.63. The van der Waals surface area contributed by atoms with Gasteiger partial charge in [-0.25, -0.2) is 9.97 Å². The first-order valence-corrected chi connectivity index (χ1v) is 6.29. The van der Waals surface area contributed by atoms with Crippen molar-refractivity contribution in [1.82, 2.24) is 9.97 Å². The van der Waals surface area contributed by atoms with E-state index >= 15 is 0 Å². The van der Waals surface area contributed by atoms with E-state index < -0.39 is 0 Å². The van der Waals surface area contributed by atoms with Crippen molar-refractivity contribution < 1.29 is 4.42 Å². The highest BCUT2D eigenvalue weighted by Crippen LogP contribution is 2.22. The number of benzene rings is 1. The molecular weight excluding hydrogens is 232 g/mol. The Bertz CT molecular complexity index is 588. The van der Waals surface area contributed by atoms with Crippen molar-refractivity contribution in [2.75, 3.05) is 0 Å². The van der Waals surface area contributed by atoms with Gasteiger partial charge < -0.3 is 4.42 Å². The van der Waals surface area contributed by atoms with E-state index in [1.54, 1.807) is 18.0 Å². The lowest BCUT2D eigenvalue weighted by Gasteiger charge is -1.95. The van der Waals surface area contributed by atoms with E-state index in [1.807, 2.05) is 42.5 Å². The Hall–Kier alpha value is -1.81. The van der Waals surface area contributed by atoms with E-state index in [4.69, 9.17) is 4.42 Å². The number of nitrogens with zero attached hydrogens (tertiary/aromatic N) is 2. The number of thioether (sulfide) groups is 1. The molecule has 0 aliphatic heterocycles. The molecule has 0 amide bonds. The van der Waals surface area contributed by atoms with E-state index in [0.29, 0.717) is 5.75 Å². The summed E-state index contributed by atoms with van der Waals surface area (Å²) in [6, 6.07) is 13.6. The van der Waals surface area contributed by atoms with Gasteiger partial charge >= 0.3 is 0 Å². The van der Waals surface area contributed by atoms with Gasteiger partial charge in [0.1, 0.15) is 5.52 Å². The summed E-state index contributed by atoms with van der Waals surface area (Å²) in [5.41, 5.74) is 1.74. The predicted molar refractivity (Wildman–Crippen MR) is 67.8 cm³/mol. The average molecular weight is 242 g/mol. The number of fused-ring (bicyclic) bond motifs is 1. The Balaban J connectivity index is 1.77. The average Bonchev–Trinajstić information content (AvgIpc) is 2.80. The molecule has 0 bridgehead atoms. The van der Waals surface area contributed by atoms with Crippen molar-refractivity contribution in [3.8, 4) is 0 Å². The first-order chi connectivity index (χ1) is 8.42. The summed E-state index contributed by atoms with van der Waals surface area (Å²) in [7, 11) is 0. The zero-order valence-corrected chi connectivity index (χ0v) is 9.85. The Kier molecular flexibility index (Phi) is 2.80. The zero-order valence-electron chi connectivity index (χ0n) is 9.04. The maximum Gasteiger partial charge on any atom is 0.205 e. The van der Waals surface area contributed by atoms with Crippen molar-refractivity contribution in [2.45, 2.75) is 10.8 Å². The number of oxazole rings is 1. The molecule has 17 heavy (non-hydrogen) atoms. The summed E-state index contributed by atoms with van der Waals surface area (Å²) < 4.78 is 5.63. The van der Waals surface area contributed by atoms with Crippen LogP contribution in [0.15, 0.2) is 58.1 Å². The topological polar surface area (TPSA) is 38.9 Å². The Morgan fingerprint density at radius 3 is 2.76 bits per heavy atom. The van der Waals surface area contributed by atoms with Crippen LogP contribution in [-0.2, 0) is 5.75 Å². The normalized spacial score (nSPS) is 10.8. The van der Waals surface area contributed by atoms with Crippen LogP contribution in [0.25, 0.3) is 11.1 Å². The van der Waals surface area contributed by atoms with Crippen LogP contribution in [0.4, 0.5) is 0 Å². The molecule has 84 valence electrons. The van der Waals surface area contributed by atoms with E-state index in [1.165, 1.54) is 0 Å². The molecule has 2 aromatic heterocycles. The van der Waals surface area contributed by atoms with Gasteiger partial charge in [-0.2, -0.15) is 0 Å². The number of hydrogen-bond acceptors (Lipinski definition) is 4.